The van der Waals surface area contributed by atoms with Crippen molar-refractivity contribution in [1.29, 1.82) is 0 Å². The summed E-state index contributed by atoms with van der Waals surface area (Å²) in [5, 5.41) is 2.92. The molecule has 1 N–H and O–H groups in total. The number of aryl methyl sites for hydroxylation is 1. The van der Waals surface area contributed by atoms with E-state index >= 15 is 0 Å². The van der Waals surface area contributed by atoms with Crippen LogP contribution in [0.4, 0.5) is 5.69 Å². The van der Waals surface area contributed by atoms with Gasteiger partial charge in [0, 0.05) is 13.5 Å². The van der Waals surface area contributed by atoms with E-state index in [9.17, 15) is 4.79 Å². The molecule has 1 heterocycles. The molecule has 0 saturated carbocycles. The minimum absolute atomic E-state index is 0.0882. The fourth-order valence-corrected chi connectivity index (χ4v) is 2.81. The molecular formula is C19H21N3O2. The van der Waals surface area contributed by atoms with E-state index < -0.39 is 0 Å². The first-order valence-corrected chi connectivity index (χ1v) is 7.85. The molecule has 0 fully saturated rings. The highest BCUT2D eigenvalue weighted by Gasteiger charge is 2.14. The quantitative estimate of drug-likeness (QED) is 0.797. The minimum Gasteiger partial charge on any atom is -0.497 e. The maximum absolute atomic E-state index is 11.5. The molecule has 0 aliphatic carbocycles. The normalized spacial score (nSPS) is 10.8. The zero-order valence-electron chi connectivity index (χ0n) is 14.4. The molecule has 5 heteroatoms. The van der Waals surface area contributed by atoms with E-state index in [4.69, 9.17) is 4.74 Å². The number of aromatic nitrogens is 2. The molecule has 0 saturated heterocycles. The summed E-state index contributed by atoms with van der Waals surface area (Å²) in [4.78, 5) is 16.0. The van der Waals surface area contributed by atoms with Gasteiger partial charge in [-0.2, -0.15) is 0 Å². The van der Waals surface area contributed by atoms with Crippen molar-refractivity contribution in [1.82, 2.24) is 9.55 Å². The van der Waals surface area contributed by atoms with E-state index in [2.05, 4.69) is 20.9 Å². The van der Waals surface area contributed by atoms with Crippen molar-refractivity contribution in [3.8, 4) is 5.75 Å². The number of carbonyl (C=O) groups is 1. The first kappa shape index (κ1) is 16.1. The lowest BCUT2D eigenvalue weighted by atomic mass is 10.1. The van der Waals surface area contributed by atoms with Crippen molar-refractivity contribution in [2.75, 3.05) is 12.4 Å². The van der Waals surface area contributed by atoms with E-state index in [-0.39, 0.29) is 5.91 Å². The van der Waals surface area contributed by atoms with Gasteiger partial charge in [-0.3, -0.25) is 4.79 Å². The monoisotopic (exact) mass is 323 g/mol. The molecule has 0 spiro atoms. The van der Waals surface area contributed by atoms with Crippen LogP contribution < -0.4 is 10.1 Å². The highest BCUT2D eigenvalue weighted by atomic mass is 16.5. The van der Waals surface area contributed by atoms with Gasteiger partial charge in [0.25, 0.3) is 0 Å². The third-order valence-electron chi connectivity index (χ3n) is 4.25. The van der Waals surface area contributed by atoms with E-state index in [1.807, 2.05) is 44.4 Å². The molecule has 24 heavy (non-hydrogen) atoms. The molecule has 2 aromatic carbocycles. The third kappa shape index (κ3) is 2.97. The molecule has 0 bridgehead atoms. The highest BCUT2D eigenvalue weighted by molar-refractivity contribution is 6.00. The van der Waals surface area contributed by atoms with Crippen LogP contribution in [0.25, 0.3) is 11.0 Å². The fourth-order valence-electron chi connectivity index (χ4n) is 2.81. The van der Waals surface area contributed by atoms with Crippen LogP contribution in [-0.2, 0) is 11.3 Å². The lowest BCUT2D eigenvalue weighted by Gasteiger charge is -2.12. The maximum atomic E-state index is 11.5. The number of ether oxygens (including phenoxy) is 1. The Morgan fingerprint density at radius 3 is 2.58 bits per heavy atom. The van der Waals surface area contributed by atoms with Crippen LogP contribution in [0.3, 0.4) is 0 Å². The van der Waals surface area contributed by atoms with E-state index in [1.54, 1.807) is 7.11 Å². The van der Waals surface area contributed by atoms with Gasteiger partial charge in [-0.25, -0.2) is 4.98 Å². The zero-order valence-corrected chi connectivity index (χ0v) is 14.4. The topological polar surface area (TPSA) is 56.1 Å². The molecular weight excluding hydrogens is 302 g/mol. The SMILES string of the molecule is COc1ccc(Cn2cnc3c(NC(C)=O)c(C)c(C)cc32)cc1. The van der Waals surface area contributed by atoms with Gasteiger partial charge in [0.05, 0.1) is 24.6 Å². The summed E-state index contributed by atoms with van der Waals surface area (Å²) in [5.74, 6) is 0.753. The number of hydrogen-bond donors (Lipinski definition) is 1. The predicted molar refractivity (Wildman–Crippen MR) is 95.6 cm³/mol. The lowest BCUT2D eigenvalue weighted by molar-refractivity contribution is -0.114. The number of amides is 1. The Labute approximate surface area is 141 Å². The number of imidazole rings is 1. The summed E-state index contributed by atoms with van der Waals surface area (Å²) < 4.78 is 7.29. The van der Waals surface area contributed by atoms with Crippen LogP contribution in [0.15, 0.2) is 36.7 Å². The van der Waals surface area contributed by atoms with Crippen molar-refractivity contribution in [3.63, 3.8) is 0 Å². The standard InChI is InChI=1S/C19H21N3O2/c1-12-9-17-19(18(13(12)2)21-14(3)23)20-11-22(17)10-15-5-7-16(24-4)8-6-15/h5-9,11H,10H2,1-4H3,(H,21,23). The molecule has 1 aromatic heterocycles. The Bertz CT molecular complexity index is 895. The van der Waals surface area contributed by atoms with Gasteiger partial charge < -0.3 is 14.6 Å². The molecule has 0 atom stereocenters. The molecule has 0 aliphatic rings. The van der Waals surface area contributed by atoms with Gasteiger partial charge >= 0.3 is 0 Å². The number of carbonyl (C=O) groups excluding carboxylic acids is 1. The molecule has 0 aliphatic heterocycles. The Hall–Kier alpha value is -2.82. The van der Waals surface area contributed by atoms with Crippen molar-refractivity contribution in [2.45, 2.75) is 27.3 Å². The number of rotatable bonds is 4. The van der Waals surface area contributed by atoms with Gasteiger partial charge in [-0.05, 0) is 48.7 Å². The van der Waals surface area contributed by atoms with Gasteiger partial charge in [-0.1, -0.05) is 12.1 Å². The summed E-state index contributed by atoms with van der Waals surface area (Å²) in [6, 6.07) is 10.1. The van der Waals surface area contributed by atoms with Gasteiger partial charge in [0.1, 0.15) is 11.3 Å². The van der Waals surface area contributed by atoms with Crippen LogP contribution >= 0.6 is 0 Å². The van der Waals surface area contributed by atoms with Gasteiger partial charge in [0.2, 0.25) is 5.91 Å². The number of nitrogens with one attached hydrogen (secondary N) is 1. The van der Waals surface area contributed by atoms with Crippen LogP contribution in [0, 0.1) is 13.8 Å². The van der Waals surface area contributed by atoms with E-state index in [0.717, 1.165) is 39.2 Å². The largest absolute Gasteiger partial charge is 0.497 e. The number of fused-ring (bicyclic) bond motifs is 1. The summed E-state index contributed by atoms with van der Waals surface area (Å²) in [6.07, 6.45) is 1.82. The number of anilines is 1. The third-order valence-corrected chi connectivity index (χ3v) is 4.25. The Balaban J connectivity index is 2.03. The molecule has 124 valence electrons. The fraction of sp³-hybridized carbons (Fsp3) is 0.263. The molecule has 5 nitrogen and oxygen atoms in total. The Morgan fingerprint density at radius 2 is 1.96 bits per heavy atom. The maximum Gasteiger partial charge on any atom is 0.221 e. The molecule has 0 radical (unpaired) electrons. The van der Waals surface area contributed by atoms with Crippen molar-refractivity contribution >= 4 is 22.6 Å². The molecule has 3 aromatic rings. The second-order valence-electron chi connectivity index (χ2n) is 5.96. The number of methoxy groups -OCH3 is 1. The van der Waals surface area contributed by atoms with Gasteiger partial charge in [0.15, 0.2) is 0 Å². The zero-order chi connectivity index (χ0) is 17.3. The van der Waals surface area contributed by atoms with Crippen LogP contribution in [-0.4, -0.2) is 22.6 Å². The van der Waals surface area contributed by atoms with Crippen LogP contribution in [0.2, 0.25) is 0 Å². The minimum atomic E-state index is -0.0882. The second-order valence-corrected chi connectivity index (χ2v) is 5.96. The second kappa shape index (κ2) is 6.35. The summed E-state index contributed by atoms with van der Waals surface area (Å²) in [5.41, 5.74) is 5.97. The number of benzene rings is 2. The number of hydrogen-bond acceptors (Lipinski definition) is 3. The highest BCUT2D eigenvalue weighted by Crippen LogP contribution is 2.29. The molecule has 0 unspecified atom stereocenters. The smallest absolute Gasteiger partial charge is 0.221 e. The van der Waals surface area contributed by atoms with Gasteiger partial charge in [-0.15, -0.1) is 0 Å². The van der Waals surface area contributed by atoms with Crippen LogP contribution in [0.1, 0.15) is 23.6 Å². The lowest BCUT2D eigenvalue weighted by Crippen LogP contribution is -2.09. The Kier molecular flexibility index (Phi) is 4.25. The number of nitrogens with zero attached hydrogens (tertiary/aromatic N) is 2. The summed E-state index contributed by atoms with van der Waals surface area (Å²) >= 11 is 0. The summed E-state index contributed by atoms with van der Waals surface area (Å²) in [6.45, 7) is 6.28. The van der Waals surface area contributed by atoms with E-state index in [0.29, 0.717) is 6.54 Å². The first-order valence-electron chi connectivity index (χ1n) is 7.85. The molecule has 1 amide bonds. The molecule has 3 rings (SSSR count). The van der Waals surface area contributed by atoms with Crippen LogP contribution in [0.5, 0.6) is 5.75 Å². The predicted octanol–water partition coefficient (Wildman–Crippen LogP) is 3.67. The average molecular weight is 323 g/mol. The van der Waals surface area contributed by atoms with E-state index in [1.165, 1.54) is 6.92 Å². The first-order chi connectivity index (χ1) is 11.5. The van der Waals surface area contributed by atoms with Crippen molar-refractivity contribution in [3.05, 3.63) is 53.3 Å². The average Bonchev–Trinajstić information content (AvgIpc) is 2.94. The Morgan fingerprint density at radius 1 is 1.25 bits per heavy atom. The summed E-state index contributed by atoms with van der Waals surface area (Å²) in [7, 11) is 1.66. The van der Waals surface area contributed by atoms with Crippen molar-refractivity contribution < 1.29 is 9.53 Å². The van der Waals surface area contributed by atoms with Crippen molar-refractivity contribution in [2.24, 2.45) is 0 Å².